The lowest BCUT2D eigenvalue weighted by Crippen LogP contribution is -1.94. The van der Waals surface area contributed by atoms with Crippen molar-refractivity contribution in [2.45, 2.75) is 192 Å². The first-order valence-electron chi connectivity index (χ1n) is 15.2. The monoisotopic (exact) mass is 450 g/mol. The van der Waals surface area contributed by atoms with E-state index in [0.29, 0.717) is 24.4 Å². The Morgan fingerprint density at radius 1 is 0.312 bits per heavy atom. The third-order valence-electron chi connectivity index (χ3n) is 7.79. The molecule has 0 N–H and O–H groups in total. The first kappa shape index (κ1) is 28.2. The van der Waals surface area contributed by atoms with E-state index in [0.717, 1.165) is 0 Å². The van der Waals surface area contributed by atoms with E-state index in [4.69, 9.17) is 9.47 Å². The summed E-state index contributed by atoms with van der Waals surface area (Å²) in [6, 6.07) is 0. The number of hydrogen-bond acceptors (Lipinski definition) is 2. The van der Waals surface area contributed by atoms with Gasteiger partial charge in [0, 0.05) is 0 Å². The van der Waals surface area contributed by atoms with Crippen LogP contribution in [0.15, 0.2) is 0 Å². The summed E-state index contributed by atoms with van der Waals surface area (Å²) in [6.07, 6.45) is 36.2. The molecule has 2 aliphatic rings. The Labute approximate surface area is 202 Å². The number of rotatable bonds is 25. The Bertz CT molecular complexity index is 410. The Morgan fingerprint density at radius 2 is 0.562 bits per heavy atom. The molecule has 0 radical (unpaired) electrons. The van der Waals surface area contributed by atoms with Gasteiger partial charge < -0.3 is 9.47 Å². The second-order valence-corrected chi connectivity index (χ2v) is 10.9. The Balaban J connectivity index is 1.18. The molecule has 0 saturated carbocycles. The molecule has 0 bridgehead atoms. The van der Waals surface area contributed by atoms with Gasteiger partial charge in [-0.1, -0.05) is 142 Å². The van der Waals surface area contributed by atoms with Gasteiger partial charge in [0.15, 0.2) is 0 Å². The number of ether oxygens (including phenoxy) is 2. The van der Waals surface area contributed by atoms with Gasteiger partial charge in [-0.25, -0.2) is 0 Å². The van der Waals surface area contributed by atoms with Crippen molar-refractivity contribution in [3.05, 3.63) is 0 Å². The zero-order chi connectivity index (χ0) is 22.7. The second kappa shape index (κ2) is 19.2. The molecule has 2 aliphatic heterocycles. The molecule has 0 aliphatic carbocycles. The third-order valence-corrected chi connectivity index (χ3v) is 7.79. The number of epoxide rings is 2. The third kappa shape index (κ3) is 14.9. The number of unbranched alkanes of at least 4 members (excludes halogenated alkanes) is 17. The van der Waals surface area contributed by atoms with Gasteiger partial charge in [-0.05, 0) is 25.7 Å². The fraction of sp³-hybridized carbons (Fsp3) is 1.00. The number of hydrogen-bond donors (Lipinski definition) is 0. The minimum atomic E-state index is 0.630. The van der Waals surface area contributed by atoms with Gasteiger partial charge in [-0.2, -0.15) is 0 Å². The molecule has 2 rings (SSSR count). The van der Waals surface area contributed by atoms with E-state index < -0.39 is 0 Å². The average molecular weight is 451 g/mol. The van der Waals surface area contributed by atoms with E-state index in [2.05, 4.69) is 13.8 Å². The molecular weight excluding hydrogens is 392 g/mol. The van der Waals surface area contributed by atoms with Crippen LogP contribution in [0.2, 0.25) is 0 Å². The maximum atomic E-state index is 5.84. The molecule has 2 heteroatoms. The maximum Gasteiger partial charge on any atom is 0.0841 e. The topological polar surface area (TPSA) is 25.1 Å². The maximum absolute atomic E-state index is 5.84. The van der Waals surface area contributed by atoms with Crippen molar-refractivity contribution in [2.75, 3.05) is 0 Å². The zero-order valence-electron chi connectivity index (χ0n) is 22.1. The molecule has 2 nitrogen and oxygen atoms in total. The fourth-order valence-corrected chi connectivity index (χ4v) is 5.36. The lowest BCUT2D eigenvalue weighted by Gasteiger charge is -2.03. The highest BCUT2D eigenvalue weighted by Crippen LogP contribution is 2.32. The summed E-state index contributed by atoms with van der Waals surface area (Å²) in [5, 5.41) is 0. The molecule has 0 amide bonds. The zero-order valence-corrected chi connectivity index (χ0v) is 22.1. The smallest absolute Gasteiger partial charge is 0.0841 e. The fourth-order valence-electron chi connectivity index (χ4n) is 5.36. The van der Waals surface area contributed by atoms with Crippen LogP contribution in [0.5, 0.6) is 0 Å². The highest BCUT2D eigenvalue weighted by molar-refractivity contribution is 4.84. The molecule has 0 aromatic heterocycles. The van der Waals surface area contributed by atoms with E-state index >= 15 is 0 Å². The van der Waals surface area contributed by atoms with Gasteiger partial charge in [-0.15, -0.1) is 0 Å². The summed E-state index contributed by atoms with van der Waals surface area (Å²) in [6.45, 7) is 4.56. The van der Waals surface area contributed by atoms with Gasteiger partial charge in [0.1, 0.15) is 0 Å². The van der Waals surface area contributed by atoms with E-state index in [1.807, 2.05) is 0 Å². The van der Waals surface area contributed by atoms with Crippen molar-refractivity contribution in [3.63, 3.8) is 0 Å². The molecule has 4 atom stereocenters. The van der Waals surface area contributed by atoms with Crippen LogP contribution in [0.25, 0.3) is 0 Å². The molecule has 2 saturated heterocycles. The normalized spacial score (nSPS) is 24.2. The van der Waals surface area contributed by atoms with Crippen LogP contribution >= 0.6 is 0 Å². The Morgan fingerprint density at radius 3 is 0.875 bits per heavy atom. The van der Waals surface area contributed by atoms with Crippen molar-refractivity contribution >= 4 is 0 Å². The highest BCUT2D eigenvalue weighted by Gasteiger charge is 2.37. The largest absolute Gasteiger partial charge is 0.370 e. The molecule has 2 fully saturated rings. The summed E-state index contributed by atoms with van der Waals surface area (Å²) < 4.78 is 11.6. The minimum absolute atomic E-state index is 0.630. The summed E-state index contributed by atoms with van der Waals surface area (Å²) in [4.78, 5) is 0. The van der Waals surface area contributed by atoms with Gasteiger partial charge in [0.25, 0.3) is 0 Å². The minimum Gasteiger partial charge on any atom is -0.370 e. The van der Waals surface area contributed by atoms with Gasteiger partial charge in [-0.3, -0.25) is 0 Å². The van der Waals surface area contributed by atoms with Crippen molar-refractivity contribution < 1.29 is 9.47 Å². The van der Waals surface area contributed by atoms with Crippen molar-refractivity contribution in [2.24, 2.45) is 0 Å². The summed E-state index contributed by atoms with van der Waals surface area (Å²) in [7, 11) is 0. The lowest BCUT2D eigenvalue weighted by atomic mass is 10.0. The van der Waals surface area contributed by atoms with E-state index in [1.165, 1.54) is 154 Å². The molecule has 0 aromatic rings. The molecule has 32 heavy (non-hydrogen) atoms. The summed E-state index contributed by atoms with van der Waals surface area (Å²) in [5.74, 6) is 0. The molecular formula is C30H58O2. The van der Waals surface area contributed by atoms with Gasteiger partial charge >= 0.3 is 0 Å². The standard InChI is InChI=1S/C30H58O2/c1-3-5-7-20-24-29-30(32-29)26-22-19-17-15-13-11-9-8-10-12-14-16-18-21-25-28-27(31-28)23-6-4-2/h27-30H,3-26H2,1-2H3. The summed E-state index contributed by atoms with van der Waals surface area (Å²) in [5.41, 5.74) is 0. The average Bonchev–Trinajstić information content (AvgIpc) is 3.72. The van der Waals surface area contributed by atoms with Crippen LogP contribution in [0.3, 0.4) is 0 Å². The van der Waals surface area contributed by atoms with Crippen LogP contribution in [0.1, 0.15) is 168 Å². The first-order chi connectivity index (χ1) is 15.8. The molecule has 0 aromatic carbocycles. The lowest BCUT2D eigenvalue weighted by molar-refractivity contribution is 0.347. The molecule has 0 spiro atoms. The molecule has 4 unspecified atom stereocenters. The quantitative estimate of drug-likeness (QED) is 0.102. The predicted molar refractivity (Wildman–Crippen MR) is 139 cm³/mol. The van der Waals surface area contributed by atoms with Crippen LogP contribution in [-0.2, 0) is 9.47 Å². The van der Waals surface area contributed by atoms with Crippen LogP contribution in [-0.4, -0.2) is 24.4 Å². The highest BCUT2D eigenvalue weighted by atomic mass is 16.6. The second-order valence-electron chi connectivity index (χ2n) is 10.9. The van der Waals surface area contributed by atoms with E-state index in [1.54, 1.807) is 0 Å². The van der Waals surface area contributed by atoms with Crippen molar-refractivity contribution in [3.8, 4) is 0 Å². The van der Waals surface area contributed by atoms with Crippen molar-refractivity contribution in [1.29, 1.82) is 0 Å². The SMILES string of the molecule is CCCCCCC1OC1CCCCCCCCCCCCCCCCC1OC1CCCC. The molecule has 190 valence electrons. The van der Waals surface area contributed by atoms with E-state index in [9.17, 15) is 0 Å². The van der Waals surface area contributed by atoms with Gasteiger partial charge in [0.05, 0.1) is 24.4 Å². The van der Waals surface area contributed by atoms with Crippen LogP contribution in [0.4, 0.5) is 0 Å². The summed E-state index contributed by atoms with van der Waals surface area (Å²) >= 11 is 0. The van der Waals surface area contributed by atoms with E-state index in [-0.39, 0.29) is 0 Å². The Kier molecular flexibility index (Phi) is 16.9. The van der Waals surface area contributed by atoms with Crippen LogP contribution in [0, 0.1) is 0 Å². The van der Waals surface area contributed by atoms with Crippen molar-refractivity contribution in [1.82, 2.24) is 0 Å². The van der Waals surface area contributed by atoms with Gasteiger partial charge in [0.2, 0.25) is 0 Å². The van der Waals surface area contributed by atoms with Crippen LogP contribution < -0.4 is 0 Å². The Hall–Kier alpha value is -0.0800. The predicted octanol–water partition coefficient (Wildman–Crippen LogP) is 9.92. The first-order valence-corrected chi connectivity index (χ1v) is 15.2. The molecule has 2 heterocycles.